The van der Waals surface area contributed by atoms with Crippen LogP contribution in [-0.2, 0) is 0 Å². The Kier molecular flexibility index (Phi) is 3.66. The van der Waals surface area contributed by atoms with Gasteiger partial charge >= 0.3 is 0 Å². The van der Waals surface area contributed by atoms with Gasteiger partial charge in [-0.3, -0.25) is 10.1 Å². The molecule has 60 valence electrons. The van der Waals surface area contributed by atoms with Gasteiger partial charge in [0.2, 0.25) is 5.70 Å². The fourth-order valence-corrected chi connectivity index (χ4v) is 0.335. The second-order valence-corrected chi connectivity index (χ2v) is 1.86. The lowest BCUT2D eigenvalue weighted by Crippen LogP contribution is -1.92. The summed E-state index contributed by atoms with van der Waals surface area (Å²) in [4.78, 5) is 9.47. The third kappa shape index (κ3) is 3.91. The summed E-state index contributed by atoms with van der Waals surface area (Å²) in [7, 11) is 0. The first-order valence-electron chi connectivity index (χ1n) is 2.92. The van der Waals surface area contributed by atoms with E-state index < -0.39 is 4.92 Å². The molecular weight excluding hydrogens is 146 g/mol. The lowest BCUT2D eigenvalue weighted by molar-refractivity contribution is -0.424. The Hall–Kier alpha value is -1.58. The van der Waals surface area contributed by atoms with Crippen molar-refractivity contribution in [2.45, 2.75) is 6.92 Å². The summed E-state index contributed by atoms with van der Waals surface area (Å²) in [5.74, 6) is -0.0915. The Bertz CT molecular complexity index is 228. The molecule has 0 aromatic carbocycles. The number of aliphatic hydroxyl groups excluding tert-OH is 1. The number of nitro groups is 1. The van der Waals surface area contributed by atoms with Crippen molar-refractivity contribution in [3.05, 3.63) is 46.4 Å². The van der Waals surface area contributed by atoms with Gasteiger partial charge in [-0.25, -0.2) is 0 Å². The van der Waals surface area contributed by atoms with Crippen LogP contribution in [0.5, 0.6) is 0 Å². The summed E-state index contributed by atoms with van der Waals surface area (Å²) in [5, 5.41) is 18.8. The van der Waals surface area contributed by atoms with E-state index in [0.717, 1.165) is 0 Å². The van der Waals surface area contributed by atoms with Crippen molar-refractivity contribution in [1.82, 2.24) is 0 Å². The van der Waals surface area contributed by atoms with Crippen LogP contribution in [0.25, 0.3) is 0 Å². The molecule has 1 N–H and O–H groups in total. The normalized spacial score (nSPS) is 12.8. The van der Waals surface area contributed by atoms with Gasteiger partial charge < -0.3 is 5.11 Å². The Morgan fingerprint density at radius 2 is 2.18 bits per heavy atom. The minimum Gasteiger partial charge on any atom is -0.508 e. The predicted molar refractivity (Wildman–Crippen MR) is 41.7 cm³/mol. The molecule has 0 unspecified atom stereocenters. The Balaban J connectivity index is 4.34. The predicted octanol–water partition coefficient (Wildman–Crippen LogP) is 1.79. The molecule has 0 aliphatic carbocycles. The molecule has 0 rings (SSSR count). The summed E-state index contributed by atoms with van der Waals surface area (Å²) in [6.07, 6.45) is 3.62. The maximum absolute atomic E-state index is 10.0. The smallest absolute Gasteiger partial charge is 0.243 e. The second kappa shape index (κ2) is 4.27. The molecule has 0 amide bonds. The van der Waals surface area contributed by atoms with Crippen molar-refractivity contribution in [2.24, 2.45) is 0 Å². The van der Waals surface area contributed by atoms with E-state index in [1.807, 2.05) is 0 Å². The number of hydrogen-bond acceptors (Lipinski definition) is 3. The van der Waals surface area contributed by atoms with Gasteiger partial charge in [-0.2, -0.15) is 0 Å². The van der Waals surface area contributed by atoms with E-state index >= 15 is 0 Å². The average Bonchev–Trinajstić information content (AvgIpc) is 1.99. The van der Waals surface area contributed by atoms with Crippen LogP contribution in [-0.4, -0.2) is 10.0 Å². The van der Waals surface area contributed by atoms with E-state index in [1.54, 1.807) is 0 Å². The van der Waals surface area contributed by atoms with Gasteiger partial charge in [-0.1, -0.05) is 6.58 Å². The number of aliphatic hydroxyl groups is 1. The molecule has 0 aromatic rings. The highest BCUT2D eigenvalue weighted by atomic mass is 16.6. The first-order chi connectivity index (χ1) is 5.07. The minimum absolute atomic E-state index is 0.0293. The second-order valence-electron chi connectivity index (χ2n) is 1.86. The van der Waals surface area contributed by atoms with Crippen molar-refractivity contribution in [1.29, 1.82) is 0 Å². The van der Waals surface area contributed by atoms with Gasteiger partial charge in [-0.05, 0) is 12.2 Å². The zero-order valence-electron chi connectivity index (χ0n) is 6.15. The van der Waals surface area contributed by atoms with Crippen LogP contribution in [0, 0.1) is 10.1 Å². The van der Waals surface area contributed by atoms with Crippen molar-refractivity contribution in [3.8, 4) is 0 Å². The molecule has 0 spiro atoms. The summed E-state index contributed by atoms with van der Waals surface area (Å²) in [5.41, 5.74) is -0.0293. The Labute approximate surface area is 64.3 Å². The molecule has 0 heterocycles. The van der Waals surface area contributed by atoms with Gasteiger partial charge in [0, 0.05) is 13.0 Å². The van der Waals surface area contributed by atoms with Crippen LogP contribution < -0.4 is 0 Å². The SMILES string of the molecule is C=C/C(O)=C\C=C(/C)[N+](=O)[O-]. The molecule has 0 aliphatic rings. The fourth-order valence-electron chi connectivity index (χ4n) is 0.335. The third-order valence-electron chi connectivity index (χ3n) is 0.992. The van der Waals surface area contributed by atoms with E-state index in [-0.39, 0.29) is 11.5 Å². The van der Waals surface area contributed by atoms with Crippen LogP contribution in [0.15, 0.2) is 36.3 Å². The van der Waals surface area contributed by atoms with E-state index in [2.05, 4.69) is 6.58 Å². The first kappa shape index (κ1) is 9.42. The lowest BCUT2D eigenvalue weighted by atomic mass is 10.4. The standard InChI is InChI=1S/C7H9NO3/c1-3-7(9)5-4-6(2)8(10)11/h3-5,9H,1H2,2H3/b6-4+,7-5+. The molecule has 0 aliphatic heterocycles. The molecule has 0 atom stereocenters. The summed E-state index contributed by atoms with van der Waals surface area (Å²) in [6.45, 7) is 4.61. The van der Waals surface area contributed by atoms with E-state index in [1.165, 1.54) is 25.2 Å². The zero-order chi connectivity index (χ0) is 8.85. The highest BCUT2D eigenvalue weighted by Gasteiger charge is 1.97. The zero-order valence-corrected chi connectivity index (χ0v) is 6.15. The van der Waals surface area contributed by atoms with Crippen molar-refractivity contribution in [2.75, 3.05) is 0 Å². The largest absolute Gasteiger partial charge is 0.508 e. The quantitative estimate of drug-likeness (QED) is 0.292. The maximum Gasteiger partial charge on any atom is 0.243 e. The van der Waals surface area contributed by atoms with Crippen LogP contribution in [0.2, 0.25) is 0 Å². The number of allylic oxidation sites excluding steroid dienone is 4. The summed E-state index contributed by atoms with van der Waals surface area (Å²) < 4.78 is 0. The third-order valence-corrected chi connectivity index (χ3v) is 0.992. The molecule has 0 fully saturated rings. The molecule has 0 saturated carbocycles. The molecule has 0 bridgehead atoms. The number of hydrogen-bond donors (Lipinski definition) is 1. The van der Waals surface area contributed by atoms with E-state index in [9.17, 15) is 10.1 Å². The molecule has 4 nitrogen and oxygen atoms in total. The summed E-state index contributed by atoms with van der Waals surface area (Å²) in [6, 6.07) is 0. The average molecular weight is 155 g/mol. The molecule has 4 heteroatoms. The van der Waals surface area contributed by atoms with Crippen molar-refractivity contribution >= 4 is 0 Å². The lowest BCUT2D eigenvalue weighted by Gasteiger charge is -1.86. The van der Waals surface area contributed by atoms with Gasteiger partial charge in [0.05, 0.1) is 4.92 Å². The molecule has 0 radical (unpaired) electrons. The molecule has 0 aromatic heterocycles. The van der Waals surface area contributed by atoms with E-state index in [4.69, 9.17) is 5.11 Å². The minimum atomic E-state index is -0.535. The Morgan fingerprint density at radius 3 is 2.55 bits per heavy atom. The monoisotopic (exact) mass is 155 g/mol. The van der Waals surface area contributed by atoms with Gasteiger partial charge in [0.15, 0.2) is 0 Å². The van der Waals surface area contributed by atoms with Crippen LogP contribution in [0.1, 0.15) is 6.92 Å². The van der Waals surface area contributed by atoms with Crippen LogP contribution in [0.3, 0.4) is 0 Å². The molecular formula is C7H9NO3. The highest BCUT2D eigenvalue weighted by molar-refractivity contribution is 5.15. The first-order valence-corrected chi connectivity index (χ1v) is 2.92. The molecule has 11 heavy (non-hydrogen) atoms. The van der Waals surface area contributed by atoms with Crippen LogP contribution in [0.4, 0.5) is 0 Å². The number of rotatable bonds is 3. The van der Waals surface area contributed by atoms with Crippen LogP contribution >= 0.6 is 0 Å². The fraction of sp³-hybridized carbons (Fsp3) is 0.143. The van der Waals surface area contributed by atoms with Gasteiger partial charge in [0.25, 0.3) is 0 Å². The van der Waals surface area contributed by atoms with Crippen molar-refractivity contribution < 1.29 is 10.0 Å². The van der Waals surface area contributed by atoms with Gasteiger partial charge in [-0.15, -0.1) is 0 Å². The highest BCUT2D eigenvalue weighted by Crippen LogP contribution is 1.96. The van der Waals surface area contributed by atoms with Crippen molar-refractivity contribution in [3.63, 3.8) is 0 Å². The number of nitrogens with zero attached hydrogens (tertiary/aromatic N) is 1. The van der Waals surface area contributed by atoms with Gasteiger partial charge in [0.1, 0.15) is 5.76 Å². The molecule has 0 saturated heterocycles. The summed E-state index contributed by atoms with van der Waals surface area (Å²) >= 11 is 0. The topological polar surface area (TPSA) is 63.4 Å². The Morgan fingerprint density at radius 1 is 1.64 bits per heavy atom. The van der Waals surface area contributed by atoms with E-state index in [0.29, 0.717) is 0 Å². The maximum atomic E-state index is 10.0.